The van der Waals surface area contributed by atoms with Gasteiger partial charge in [-0.1, -0.05) is 5.16 Å². The number of ketones is 1. The van der Waals surface area contributed by atoms with Crippen LogP contribution in [0.2, 0.25) is 0 Å². The lowest BCUT2D eigenvalue weighted by molar-refractivity contribution is 0.102. The number of hydrogen-bond donors (Lipinski definition) is 1. The third kappa shape index (κ3) is 1.01. The van der Waals surface area contributed by atoms with Gasteiger partial charge in [-0.25, -0.2) is 4.98 Å². The number of carbonyl (C=O) groups excluding carboxylic acids is 1. The Labute approximate surface area is 67.4 Å². The Hall–Kier alpha value is -1.91. The van der Waals surface area contributed by atoms with Crippen molar-refractivity contribution in [2.24, 2.45) is 0 Å². The van der Waals surface area contributed by atoms with Crippen LogP contribution < -0.4 is 0 Å². The van der Waals surface area contributed by atoms with Crippen molar-refractivity contribution in [1.29, 1.82) is 0 Å². The molecule has 2 aromatic heterocycles. The van der Waals surface area contributed by atoms with Crippen LogP contribution in [-0.2, 0) is 0 Å². The van der Waals surface area contributed by atoms with Crippen LogP contribution in [0.25, 0.3) is 0 Å². The molecule has 0 aromatic carbocycles. The predicted octanol–water partition coefficient (Wildman–Crippen LogP) is 0.629. The maximum atomic E-state index is 11.4. The minimum absolute atomic E-state index is 0.255. The Morgan fingerprint density at radius 3 is 3.08 bits per heavy atom. The first-order chi connectivity index (χ1) is 5.88. The first-order valence-corrected chi connectivity index (χ1v) is 3.32. The number of aromatic nitrogens is 3. The van der Waals surface area contributed by atoms with Crippen LogP contribution >= 0.6 is 0 Å². The van der Waals surface area contributed by atoms with Crippen molar-refractivity contribution >= 4 is 5.78 Å². The Kier molecular flexibility index (Phi) is 1.48. The Balaban J connectivity index is 2.34. The SMILES string of the molecule is O=C(c1ccon1)c1ncc[nH]1. The molecule has 2 aromatic rings. The molecule has 0 fully saturated rings. The van der Waals surface area contributed by atoms with Gasteiger partial charge in [-0.15, -0.1) is 0 Å². The molecular formula is C7H5N3O2. The number of H-pyrrole nitrogens is 1. The third-order valence-electron chi connectivity index (χ3n) is 1.38. The van der Waals surface area contributed by atoms with Gasteiger partial charge in [0.25, 0.3) is 0 Å². The van der Waals surface area contributed by atoms with E-state index in [0.29, 0.717) is 0 Å². The minimum Gasteiger partial charge on any atom is -0.364 e. The summed E-state index contributed by atoms with van der Waals surface area (Å²) in [6.07, 6.45) is 4.43. The fourth-order valence-corrected chi connectivity index (χ4v) is 0.840. The molecule has 0 bridgehead atoms. The fraction of sp³-hybridized carbons (Fsp3) is 0. The van der Waals surface area contributed by atoms with E-state index in [1.807, 2.05) is 0 Å². The molecule has 0 aliphatic heterocycles. The van der Waals surface area contributed by atoms with Crippen LogP contribution in [0.15, 0.2) is 29.2 Å². The number of imidazole rings is 1. The number of rotatable bonds is 2. The second-order valence-electron chi connectivity index (χ2n) is 2.15. The number of carbonyl (C=O) groups is 1. The molecule has 0 amide bonds. The summed E-state index contributed by atoms with van der Waals surface area (Å²) < 4.78 is 4.52. The second-order valence-corrected chi connectivity index (χ2v) is 2.15. The number of nitrogens with one attached hydrogen (secondary N) is 1. The number of hydrogen-bond acceptors (Lipinski definition) is 4. The van der Waals surface area contributed by atoms with Crippen LogP contribution in [0.4, 0.5) is 0 Å². The van der Waals surface area contributed by atoms with Crippen LogP contribution in [0.3, 0.4) is 0 Å². The summed E-state index contributed by atoms with van der Waals surface area (Å²) in [6, 6.07) is 1.49. The molecule has 5 nitrogen and oxygen atoms in total. The van der Waals surface area contributed by atoms with Crippen molar-refractivity contribution in [3.05, 3.63) is 36.2 Å². The van der Waals surface area contributed by atoms with Gasteiger partial charge in [-0.2, -0.15) is 0 Å². The molecule has 2 heterocycles. The third-order valence-corrected chi connectivity index (χ3v) is 1.38. The molecule has 0 spiro atoms. The number of aromatic amines is 1. The molecule has 12 heavy (non-hydrogen) atoms. The van der Waals surface area contributed by atoms with E-state index in [1.54, 1.807) is 6.20 Å². The standard InChI is InChI=1S/C7H5N3O2/c11-6(5-1-4-12-10-5)7-8-2-3-9-7/h1-4H,(H,8,9). The van der Waals surface area contributed by atoms with E-state index in [2.05, 4.69) is 19.6 Å². The Morgan fingerprint density at radius 2 is 2.50 bits per heavy atom. The first-order valence-electron chi connectivity index (χ1n) is 3.32. The lowest BCUT2D eigenvalue weighted by Gasteiger charge is -1.87. The highest BCUT2D eigenvalue weighted by Crippen LogP contribution is 2.01. The van der Waals surface area contributed by atoms with Crippen LogP contribution in [0.1, 0.15) is 16.3 Å². The number of nitrogens with zero attached hydrogens (tertiary/aromatic N) is 2. The molecule has 5 heteroatoms. The van der Waals surface area contributed by atoms with Gasteiger partial charge in [0.1, 0.15) is 6.26 Å². The lowest BCUT2D eigenvalue weighted by Crippen LogP contribution is -2.03. The zero-order valence-corrected chi connectivity index (χ0v) is 6.02. The highest BCUT2D eigenvalue weighted by atomic mass is 16.5. The molecule has 2 rings (SSSR count). The maximum absolute atomic E-state index is 11.4. The quantitative estimate of drug-likeness (QED) is 0.659. The second kappa shape index (κ2) is 2.61. The minimum atomic E-state index is -0.270. The van der Waals surface area contributed by atoms with Crippen LogP contribution in [0, 0.1) is 0 Å². The topological polar surface area (TPSA) is 71.8 Å². The highest BCUT2D eigenvalue weighted by Gasteiger charge is 2.13. The van der Waals surface area contributed by atoms with Crippen LogP contribution in [-0.4, -0.2) is 20.9 Å². The smallest absolute Gasteiger partial charge is 0.250 e. The lowest BCUT2D eigenvalue weighted by atomic mass is 10.3. The van der Waals surface area contributed by atoms with Crippen molar-refractivity contribution in [1.82, 2.24) is 15.1 Å². The fourth-order valence-electron chi connectivity index (χ4n) is 0.840. The summed E-state index contributed by atoms with van der Waals surface area (Å²) in [7, 11) is 0. The molecule has 0 saturated carbocycles. The molecule has 60 valence electrons. The monoisotopic (exact) mass is 163 g/mol. The van der Waals surface area contributed by atoms with Gasteiger partial charge < -0.3 is 9.51 Å². The molecule has 0 saturated heterocycles. The Bertz CT molecular complexity index is 327. The van der Waals surface area contributed by atoms with Gasteiger partial charge in [-0.05, 0) is 0 Å². The molecule has 0 radical (unpaired) electrons. The average Bonchev–Trinajstić information content (AvgIpc) is 2.77. The van der Waals surface area contributed by atoms with Gasteiger partial charge in [0.2, 0.25) is 5.78 Å². The highest BCUT2D eigenvalue weighted by molar-refractivity contribution is 6.04. The summed E-state index contributed by atoms with van der Waals surface area (Å²) >= 11 is 0. The first kappa shape index (κ1) is 6.78. The molecule has 0 aliphatic carbocycles. The van der Waals surface area contributed by atoms with E-state index in [9.17, 15) is 4.79 Å². The average molecular weight is 163 g/mol. The Morgan fingerprint density at radius 1 is 1.58 bits per heavy atom. The summed E-state index contributed by atoms with van der Waals surface area (Å²) in [6.45, 7) is 0. The molecule has 0 atom stereocenters. The molecule has 0 unspecified atom stereocenters. The van der Waals surface area contributed by atoms with Gasteiger partial charge in [0, 0.05) is 18.5 Å². The van der Waals surface area contributed by atoms with Gasteiger partial charge >= 0.3 is 0 Å². The molecule has 0 aliphatic rings. The summed E-state index contributed by atoms with van der Waals surface area (Å²) in [5.41, 5.74) is 0.255. The van der Waals surface area contributed by atoms with Crippen molar-refractivity contribution in [3.8, 4) is 0 Å². The van der Waals surface area contributed by atoms with E-state index in [0.717, 1.165) is 0 Å². The van der Waals surface area contributed by atoms with E-state index in [1.165, 1.54) is 18.5 Å². The largest absolute Gasteiger partial charge is 0.364 e. The van der Waals surface area contributed by atoms with Gasteiger partial charge in [0.05, 0.1) is 0 Å². The van der Waals surface area contributed by atoms with E-state index in [-0.39, 0.29) is 17.3 Å². The van der Waals surface area contributed by atoms with Crippen molar-refractivity contribution in [2.45, 2.75) is 0 Å². The van der Waals surface area contributed by atoms with Crippen LogP contribution in [0.5, 0.6) is 0 Å². The predicted molar refractivity (Wildman–Crippen MR) is 38.5 cm³/mol. The summed E-state index contributed by atoms with van der Waals surface area (Å²) in [5.74, 6) is -0.00218. The maximum Gasteiger partial charge on any atom is 0.250 e. The van der Waals surface area contributed by atoms with E-state index in [4.69, 9.17) is 0 Å². The zero-order valence-electron chi connectivity index (χ0n) is 6.02. The van der Waals surface area contributed by atoms with Gasteiger partial charge in [-0.3, -0.25) is 4.79 Å². The van der Waals surface area contributed by atoms with Crippen molar-refractivity contribution in [2.75, 3.05) is 0 Å². The molecular weight excluding hydrogens is 158 g/mol. The van der Waals surface area contributed by atoms with Gasteiger partial charge in [0.15, 0.2) is 11.5 Å². The van der Waals surface area contributed by atoms with Crippen molar-refractivity contribution in [3.63, 3.8) is 0 Å². The summed E-state index contributed by atoms with van der Waals surface area (Å²) in [4.78, 5) is 17.8. The van der Waals surface area contributed by atoms with E-state index >= 15 is 0 Å². The summed E-state index contributed by atoms with van der Waals surface area (Å²) in [5, 5.41) is 3.49. The molecule has 1 N–H and O–H groups in total. The van der Waals surface area contributed by atoms with E-state index < -0.39 is 0 Å². The zero-order chi connectivity index (χ0) is 8.39. The normalized spacial score (nSPS) is 10.0. The van der Waals surface area contributed by atoms with Crippen molar-refractivity contribution < 1.29 is 9.32 Å².